The number of alkyl halides is 5. The molecule has 0 spiro atoms. The van der Waals surface area contributed by atoms with Crippen LogP contribution in [0.5, 0.6) is 5.75 Å². The minimum atomic E-state index is -5.74. The van der Waals surface area contributed by atoms with Crippen molar-refractivity contribution in [1.29, 1.82) is 0 Å². The van der Waals surface area contributed by atoms with Gasteiger partial charge in [0.2, 0.25) is 0 Å². The van der Waals surface area contributed by atoms with Crippen molar-refractivity contribution in [2.45, 2.75) is 25.3 Å². The minimum absolute atomic E-state index is 0.483. The van der Waals surface area contributed by atoms with Crippen molar-refractivity contribution in [1.82, 2.24) is 10.2 Å². The lowest BCUT2D eigenvalue weighted by Gasteiger charge is -2.22. The molecule has 1 fully saturated rings. The van der Waals surface area contributed by atoms with Gasteiger partial charge >= 0.3 is 12.3 Å². The molecule has 124 valence electrons. The molecule has 1 aromatic carbocycles. The second-order valence-electron chi connectivity index (χ2n) is 5.14. The third-order valence-corrected chi connectivity index (χ3v) is 3.31. The summed E-state index contributed by atoms with van der Waals surface area (Å²) in [5.74, 6) is -0.493. The fourth-order valence-electron chi connectivity index (χ4n) is 2.23. The molecule has 0 saturated carbocycles. The molecular weight excluding hydrogens is 307 g/mol. The van der Waals surface area contributed by atoms with Gasteiger partial charge in [-0.2, -0.15) is 22.0 Å². The lowest BCUT2D eigenvalue weighted by Crippen LogP contribution is -2.41. The fraction of sp³-hybridized carbons (Fsp3) is 0.571. The molecule has 1 saturated heterocycles. The molecule has 0 unspecified atom stereocenters. The predicted octanol–water partition coefficient (Wildman–Crippen LogP) is 3.02. The summed E-state index contributed by atoms with van der Waals surface area (Å²) in [5.41, 5.74) is 0.636. The summed E-state index contributed by atoms with van der Waals surface area (Å²) in [7, 11) is 0. The van der Waals surface area contributed by atoms with Crippen LogP contribution >= 0.6 is 0 Å². The average Bonchev–Trinajstić information content (AvgIpc) is 2.66. The van der Waals surface area contributed by atoms with Crippen LogP contribution in [0.25, 0.3) is 0 Å². The predicted molar refractivity (Wildman–Crippen MR) is 70.8 cm³/mol. The van der Waals surface area contributed by atoms with Crippen molar-refractivity contribution < 1.29 is 26.7 Å². The van der Waals surface area contributed by atoms with Gasteiger partial charge in [0.1, 0.15) is 5.75 Å². The Hall–Kier alpha value is -1.41. The van der Waals surface area contributed by atoms with Gasteiger partial charge in [-0.05, 0) is 37.2 Å². The maximum absolute atomic E-state index is 12.9. The first-order valence-corrected chi connectivity index (χ1v) is 6.93. The van der Waals surface area contributed by atoms with Crippen molar-refractivity contribution >= 4 is 0 Å². The van der Waals surface area contributed by atoms with E-state index in [0.717, 1.165) is 38.7 Å². The van der Waals surface area contributed by atoms with E-state index < -0.39 is 18.0 Å². The van der Waals surface area contributed by atoms with Crippen molar-refractivity contribution in [3.8, 4) is 5.75 Å². The van der Waals surface area contributed by atoms with E-state index in [0.29, 0.717) is 12.1 Å². The molecule has 1 N–H and O–H groups in total. The van der Waals surface area contributed by atoms with Gasteiger partial charge in [-0.3, -0.25) is 4.90 Å². The summed E-state index contributed by atoms with van der Waals surface area (Å²) in [6.45, 7) is 3.86. The molecule has 3 nitrogen and oxygen atoms in total. The monoisotopic (exact) mass is 324 g/mol. The Labute approximate surface area is 125 Å². The molecule has 0 atom stereocenters. The Balaban J connectivity index is 2.03. The quantitative estimate of drug-likeness (QED) is 0.862. The first-order valence-electron chi connectivity index (χ1n) is 6.93. The second kappa shape index (κ2) is 6.78. The van der Waals surface area contributed by atoms with Gasteiger partial charge in [0, 0.05) is 19.6 Å². The summed E-state index contributed by atoms with van der Waals surface area (Å²) in [4.78, 5) is 2.11. The molecule has 1 aliphatic rings. The molecule has 0 aromatic heterocycles. The first kappa shape index (κ1) is 17.0. The summed E-state index contributed by atoms with van der Waals surface area (Å²) in [6, 6.07) is 5.40. The standard InChI is InChI=1S/C14H17F5N2O/c15-13(16,17)14(18,19)22-12-4-1-3-11(9-12)10-21-7-2-5-20-6-8-21/h1,3-4,9,20H,2,5-8,10H2. The molecule has 8 heteroatoms. The highest BCUT2D eigenvalue weighted by molar-refractivity contribution is 5.29. The Morgan fingerprint density at radius 2 is 1.86 bits per heavy atom. The van der Waals surface area contributed by atoms with Crippen LogP contribution < -0.4 is 10.1 Å². The maximum Gasteiger partial charge on any atom is 0.499 e. The fourth-order valence-corrected chi connectivity index (χ4v) is 2.23. The van der Waals surface area contributed by atoms with Crippen LogP contribution in [0.4, 0.5) is 22.0 Å². The Morgan fingerprint density at radius 1 is 1.09 bits per heavy atom. The van der Waals surface area contributed by atoms with E-state index >= 15 is 0 Å². The molecule has 1 aromatic rings. The van der Waals surface area contributed by atoms with E-state index in [9.17, 15) is 22.0 Å². The van der Waals surface area contributed by atoms with Crippen LogP contribution in [0.3, 0.4) is 0 Å². The molecule has 1 heterocycles. The summed E-state index contributed by atoms with van der Waals surface area (Å²) >= 11 is 0. The largest absolute Gasteiger partial charge is 0.499 e. The summed E-state index contributed by atoms with van der Waals surface area (Å²) < 4.78 is 66.1. The van der Waals surface area contributed by atoms with Gasteiger partial charge < -0.3 is 10.1 Å². The molecule has 0 amide bonds. The number of nitrogens with one attached hydrogen (secondary N) is 1. The highest BCUT2D eigenvalue weighted by Crippen LogP contribution is 2.37. The summed E-state index contributed by atoms with van der Waals surface area (Å²) in [6.07, 6.45) is -9.97. The van der Waals surface area contributed by atoms with Gasteiger partial charge in [0.25, 0.3) is 0 Å². The Bertz CT molecular complexity index is 484. The maximum atomic E-state index is 12.9. The number of hydrogen-bond acceptors (Lipinski definition) is 3. The first-order chi connectivity index (χ1) is 10.3. The highest BCUT2D eigenvalue weighted by Gasteiger charge is 2.61. The number of rotatable bonds is 4. The highest BCUT2D eigenvalue weighted by atomic mass is 19.4. The topological polar surface area (TPSA) is 24.5 Å². The van der Waals surface area contributed by atoms with E-state index in [-0.39, 0.29) is 0 Å². The van der Waals surface area contributed by atoms with Crippen LogP contribution in [-0.4, -0.2) is 43.4 Å². The van der Waals surface area contributed by atoms with E-state index in [2.05, 4.69) is 15.0 Å². The van der Waals surface area contributed by atoms with Gasteiger partial charge in [-0.1, -0.05) is 12.1 Å². The Kier molecular flexibility index (Phi) is 5.23. The third-order valence-electron chi connectivity index (χ3n) is 3.31. The number of ether oxygens (including phenoxy) is 1. The molecule has 0 radical (unpaired) electrons. The van der Waals surface area contributed by atoms with E-state index in [1.165, 1.54) is 12.1 Å². The van der Waals surface area contributed by atoms with E-state index in [4.69, 9.17) is 0 Å². The van der Waals surface area contributed by atoms with Crippen LogP contribution in [0.15, 0.2) is 24.3 Å². The summed E-state index contributed by atoms with van der Waals surface area (Å²) in [5, 5.41) is 3.23. The van der Waals surface area contributed by atoms with E-state index in [1.807, 2.05) is 0 Å². The number of halogens is 5. The Morgan fingerprint density at radius 3 is 2.59 bits per heavy atom. The van der Waals surface area contributed by atoms with Gasteiger partial charge in [0.15, 0.2) is 0 Å². The third kappa shape index (κ3) is 4.54. The van der Waals surface area contributed by atoms with Crippen molar-refractivity contribution in [2.75, 3.05) is 26.2 Å². The van der Waals surface area contributed by atoms with E-state index in [1.54, 1.807) is 6.07 Å². The van der Waals surface area contributed by atoms with Crippen LogP contribution in [0, 0.1) is 0 Å². The zero-order chi connectivity index (χ0) is 16.2. The van der Waals surface area contributed by atoms with Crippen molar-refractivity contribution in [3.63, 3.8) is 0 Å². The molecular formula is C14H17F5N2O. The van der Waals surface area contributed by atoms with Crippen LogP contribution in [0.1, 0.15) is 12.0 Å². The number of nitrogens with zero attached hydrogens (tertiary/aromatic N) is 1. The average molecular weight is 324 g/mol. The lowest BCUT2D eigenvalue weighted by atomic mass is 10.2. The van der Waals surface area contributed by atoms with Crippen LogP contribution in [-0.2, 0) is 6.54 Å². The molecule has 0 bridgehead atoms. The van der Waals surface area contributed by atoms with Crippen molar-refractivity contribution in [3.05, 3.63) is 29.8 Å². The molecule has 22 heavy (non-hydrogen) atoms. The van der Waals surface area contributed by atoms with Crippen molar-refractivity contribution in [2.24, 2.45) is 0 Å². The van der Waals surface area contributed by atoms with Gasteiger partial charge in [0.05, 0.1) is 0 Å². The SMILES string of the molecule is FC(F)(F)C(F)(F)Oc1cccc(CN2CCCNCC2)c1. The second-order valence-corrected chi connectivity index (χ2v) is 5.14. The zero-order valence-electron chi connectivity index (χ0n) is 11.8. The number of benzene rings is 1. The normalized spacial score (nSPS) is 18.0. The molecule has 2 rings (SSSR count). The smallest absolute Gasteiger partial charge is 0.426 e. The minimum Gasteiger partial charge on any atom is -0.426 e. The number of hydrogen-bond donors (Lipinski definition) is 1. The molecule has 0 aliphatic carbocycles. The van der Waals surface area contributed by atoms with Gasteiger partial charge in [-0.25, -0.2) is 0 Å². The zero-order valence-corrected chi connectivity index (χ0v) is 11.8. The lowest BCUT2D eigenvalue weighted by molar-refractivity contribution is -0.360. The van der Waals surface area contributed by atoms with Crippen LogP contribution in [0.2, 0.25) is 0 Å². The molecule has 1 aliphatic heterocycles. The van der Waals surface area contributed by atoms with Gasteiger partial charge in [-0.15, -0.1) is 0 Å².